The lowest BCUT2D eigenvalue weighted by Gasteiger charge is -2.32. The molecule has 200 valence electrons. The molecule has 1 saturated heterocycles. The van der Waals surface area contributed by atoms with E-state index in [9.17, 15) is 27.2 Å². The topological polar surface area (TPSA) is 104 Å². The van der Waals surface area contributed by atoms with Crippen LogP contribution < -0.4 is 10.5 Å². The molecule has 1 aliphatic rings. The number of ether oxygens (including phenoxy) is 1. The zero-order valence-corrected chi connectivity index (χ0v) is 20.5. The molecule has 2 aromatic heterocycles. The van der Waals surface area contributed by atoms with Crippen molar-refractivity contribution in [2.45, 2.75) is 25.2 Å². The number of benzene rings is 1. The number of rotatable bonds is 7. The van der Waals surface area contributed by atoms with Crippen LogP contribution in [-0.2, 0) is 21.4 Å². The fourth-order valence-electron chi connectivity index (χ4n) is 3.68. The summed E-state index contributed by atoms with van der Waals surface area (Å²) in [6.07, 6.45) is -0.332. The van der Waals surface area contributed by atoms with Gasteiger partial charge in [-0.3, -0.25) is 4.79 Å². The zero-order chi connectivity index (χ0) is 27.1. The largest absolute Gasteiger partial charge is 0.419 e. The summed E-state index contributed by atoms with van der Waals surface area (Å²) >= 11 is 0. The first kappa shape index (κ1) is 28.1. The summed E-state index contributed by atoms with van der Waals surface area (Å²) < 4.78 is 56.9. The van der Waals surface area contributed by atoms with Gasteiger partial charge in [0.2, 0.25) is 5.95 Å². The van der Waals surface area contributed by atoms with Gasteiger partial charge >= 0.3 is 6.18 Å². The molecule has 3 aromatic rings. The number of anilines is 1. The number of aldehydes is 1. The number of carbonyl (C=O) groups excluding carboxylic acids is 1. The summed E-state index contributed by atoms with van der Waals surface area (Å²) in [5.74, 6) is 0.367. The molecule has 1 aliphatic heterocycles. The van der Waals surface area contributed by atoms with Crippen molar-refractivity contribution in [1.82, 2.24) is 25.1 Å². The van der Waals surface area contributed by atoms with E-state index >= 15 is 0 Å². The zero-order valence-electron chi connectivity index (χ0n) is 20.5. The molecule has 0 amide bonds. The number of fused-ring (bicyclic) bond motifs is 1. The maximum atomic E-state index is 14.8. The molecular formula is C24H28F4N6O3. The molecule has 0 aliphatic carbocycles. The second-order valence-electron chi connectivity index (χ2n) is 8.73. The van der Waals surface area contributed by atoms with Gasteiger partial charge in [-0.1, -0.05) is 12.1 Å². The number of likely N-dealkylation sites (N-methyl/N-ethyl adjacent to an activating group) is 1. The van der Waals surface area contributed by atoms with Crippen molar-refractivity contribution in [2.75, 3.05) is 51.3 Å². The maximum Gasteiger partial charge on any atom is 0.419 e. The van der Waals surface area contributed by atoms with Crippen LogP contribution in [0, 0.1) is 0 Å². The number of hydrogen-bond donors (Lipinski definition) is 1. The highest BCUT2D eigenvalue weighted by molar-refractivity contribution is 5.84. The number of piperazine rings is 1. The second kappa shape index (κ2) is 12.2. The Kier molecular flexibility index (Phi) is 9.27. The fraction of sp³-hybridized carbons (Fsp3) is 0.458. The Hall–Kier alpha value is -3.45. The Balaban J connectivity index is 0.000000208. The van der Waals surface area contributed by atoms with Crippen LogP contribution in [-0.4, -0.2) is 77.8 Å². The predicted octanol–water partition coefficient (Wildman–Crippen LogP) is 2.96. The molecule has 4 rings (SSSR count). The number of hydrogen-bond acceptors (Lipinski definition) is 8. The monoisotopic (exact) mass is 524 g/mol. The van der Waals surface area contributed by atoms with Crippen molar-refractivity contribution in [2.24, 2.45) is 0 Å². The number of aromatic nitrogens is 4. The number of nitrogens with one attached hydrogen (secondary N) is 1. The number of carbonyl (C=O) groups is 1. The lowest BCUT2D eigenvalue weighted by Crippen LogP contribution is -2.45. The van der Waals surface area contributed by atoms with Crippen LogP contribution >= 0.6 is 0 Å². The summed E-state index contributed by atoms with van der Waals surface area (Å²) in [7, 11) is 2.00. The van der Waals surface area contributed by atoms with Crippen molar-refractivity contribution >= 4 is 23.0 Å². The van der Waals surface area contributed by atoms with Crippen LogP contribution in [0.5, 0.6) is 0 Å². The molecule has 1 unspecified atom stereocenters. The molecule has 1 N–H and O–H groups in total. The molecule has 0 saturated carbocycles. The van der Waals surface area contributed by atoms with Gasteiger partial charge in [-0.25, -0.2) is 19.5 Å². The van der Waals surface area contributed by atoms with Gasteiger partial charge < -0.3 is 19.3 Å². The van der Waals surface area contributed by atoms with Gasteiger partial charge in [-0.2, -0.15) is 18.3 Å². The lowest BCUT2D eigenvalue weighted by molar-refractivity contribution is -0.138. The summed E-state index contributed by atoms with van der Waals surface area (Å²) in [4.78, 5) is 33.4. The average Bonchev–Trinajstić information content (AvgIpc) is 2.87. The quantitative estimate of drug-likeness (QED) is 0.286. The van der Waals surface area contributed by atoms with Crippen LogP contribution in [0.4, 0.5) is 23.5 Å². The molecule has 3 heterocycles. The lowest BCUT2D eigenvalue weighted by atomic mass is 9.94. The second-order valence-corrected chi connectivity index (χ2v) is 8.73. The summed E-state index contributed by atoms with van der Waals surface area (Å²) in [6, 6.07) is 4.84. The van der Waals surface area contributed by atoms with E-state index in [1.807, 2.05) is 11.9 Å². The molecule has 9 nitrogen and oxygen atoms in total. The van der Waals surface area contributed by atoms with Crippen LogP contribution in [0.25, 0.3) is 10.8 Å². The first-order chi connectivity index (χ1) is 17.5. The molecule has 1 atom stereocenters. The van der Waals surface area contributed by atoms with Crippen LogP contribution in [0.2, 0.25) is 0 Å². The first-order valence-electron chi connectivity index (χ1n) is 11.5. The maximum absolute atomic E-state index is 14.8. The van der Waals surface area contributed by atoms with E-state index in [0.29, 0.717) is 22.3 Å². The highest BCUT2D eigenvalue weighted by atomic mass is 19.4. The summed E-state index contributed by atoms with van der Waals surface area (Å²) in [5.41, 5.74) is -2.59. The normalized spacial score (nSPS) is 16.1. The minimum atomic E-state index is -4.37. The summed E-state index contributed by atoms with van der Waals surface area (Å²) in [6.45, 7) is 4.57. The third-order valence-corrected chi connectivity index (χ3v) is 5.78. The fourth-order valence-corrected chi connectivity index (χ4v) is 3.68. The van der Waals surface area contributed by atoms with Gasteiger partial charge in [0, 0.05) is 55.9 Å². The van der Waals surface area contributed by atoms with Gasteiger partial charge in [-0.05, 0) is 20.0 Å². The number of halogens is 4. The minimum absolute atomic E-state index is 0.173. The Morgan fingerprint density at radius 2 is 1.73 bits per heavy atom. The molecule has 1 aromatic carbocycles. The van der Waals surface area contributed by atoms with E-state index in [2.05, 4.69) is 25.1 Å². The molecule has 1 fully saturated rings. The Labute approximate surface area is 210 Å². The molecule has 37 heavy (non-hydrogen) atoms. The van der Waals surface area contributed by atoms with Crippen molar-refractivity contribution in [1.29, 1.82) is 0 Å². The third-order valence-electron chi connectivity index (χ3n) is 5.78. The molecule has 13 heteroatoms. The Bertz CT molecular complexity index is 1230. The van der Waals surface area contributed by atoms with Crippen LogP contribution in [0.15, 0.2) is 41.6 Å². The van der Waals surface area contributed by atoms with Crippen molar-refractivity contribution < 1.29 is 27.1 Å². The van der Waals surface area contributed by atoms with E-state index < -0.39 is 17.4 Å². The van der Waals surface area contributed by atoms with Crippen molar-refractivity contribution in [3.63, 3.8) is 0 Å². The highest BCUT2D eigenvalue weighted by Crippen LogP contribution is 2.31. The first-order valence-corrected chi connectivity index (χ1v) is 11.5. The molecule has 0 spiro atoms. The predicted molar refractivity (Wildman–Crippen MR) is 129 cm³/mol. The van der Waals surface area contributed by atoms with Gasteiger partial charge in [0.25, 0.3) is 5.56 Å². The Morgan fingerprint density at radius 3 is 2.35 bits per heavy atom. The average molecular weight is 525 g/mol. The number of H-pyrrole nitrogens is 1. The Morgan fingerprint density at radius 1 is 1.05 bits per heavy atom. The molecule has 0 bridgehead atoms. The number of nitrogens with zero attached hydrogens (tertiary/aromatic N) is 5. The number of alkyl halides is 4. The smallest absolute Gasteiger partial charge is 0.377 e. The van der Waals surface area contributed by atoms with Crippen molar-refractivity contribution in [3.8, 4) is 0 Å². The van der Waals surface area contributed by atoms with E-state index in [-0.39, 0.29) is 25.2 Å². The van der Waals surface area contributed by atoms with Gasteiger partial charge in [0.05, 0.1) is 30.4 Å². The minimum Gasteiger partial charge on any atom is -0.377 e. The van der Waals surface area contributed by atoms with E-state index in [1.165, 1.54) is 13.1 Å². The van der Waals surface area contributed by atoms with E-state index in [0.717, 1.165) is 44.9 Å². The molecule has 0 radical (unpaired) electrons. The standard InChI is InChI=1S/C14H15FN2O3.C10H13F3N4/c1-14(15,9-20-7-3-6-18)12-5-2-4-10-11(12)8-16-17-13(10)19;1-16-2-4-17(5-3-16)9-14-6-8(7-15-9)10(11,12)13/h2,4-6,8H,3,7,9H2,1H3,(H,17,19);6-7H,2-5H2,1H3. The van der Waals surface area contributed by atoms with E-state index in [4.69, 9.17) is 4.74 Å². The highest BCUT2D eigenvalue weighted by Gasteiger charge is 2.32. The van der Waals surface area contributed by atoms with Gasteiger partial charge in [0.1, 0.15) is 6.29 Å². The van der Waals surface area contributed by atoms with E-state index in [1.54, 1.807) is 18.2 Å². The van der Waals surface area contributed by atoms with Gasteiger partial charge in [0.15, 0.2) is 5.67 Å². The van der Waals surface area contributed by atoms with Crippen LogP contribution in [0.3, 0.4) is 0 Å². The SMILES string of the molecule is CC(F)(COCCC=O)c1cccc2c(=O)[nH]ncc12.CN1CCN(c2ncc(C(F)(F)F)cn2)CC1. The number of aromatic amines is 1. The van der Waals surface area contributed by atoms with Crippen molar-refractivity contribution in [3.05, 3.63) is 58.3 Å². The molecular weight excluding hydrogens is 496 g/mol. The van der Waals surface area contributed by atoms with Gasteiger partial charge in [-0.15, -0.1) is 0 Å². The third kappa shape index (κ3) is 7.52. The summed E-state index contributed by atoms with van der Waals surface area (Å²) in [5, 5.41) is 6.86. The van der Waals surface area contributed by atoms with Crippen LogP contribution in [0.1, 0.15) is 24.5 Å².